The van der Waals surface area contributed by atoms with Crippen LogP contribution < -0.4 is 4.74 Å². The molecule has 170 valence electrons. The van der Waals surface area contributed by atoms with Gasteiger partial charge in [-0.3, -0.25) is 4.57 Å². The summed E-state index contributed by atoms with van der Waals surface area (Å²) >= 11 is 0. The molecule has 0 bridgehead atoms. The van der Waals surface area contributed by atoms with E-state index in [9.17, 15) is 0 Å². The van der Waals surface area contributed by atoms with Crippen molar-refractivity contribution < 1.29 is 4.74 Å². The van der Waals surface area contributed by atoms with E-state index < -0.39 is 0 Å². The minimum Gasteiger partial charge on any atom is -0.494 e. The molecule has 4 aromatic rings. The van der Waals surface area contributed by atoms with Gasteiger partial charge in [0.05, 0.1) is 6.61 Å². The fraction of sp³-hybridized carbons (Fsp3) is 0.310. The van der Waals surface area contributed by atoms with Gasteiger partial charge in [0.1, 0.15) is 5.75 Å². The fourth-order valence-corrected chi connectivity index (χ4v) is 3.75. The summed E-state index contributed by atoms with van der Waals surface area (Å²) in [5.74, 6) is 2.53. The second-order valence-corrected chi connectivity index (χ2v) is 9.57. The summed E-state index contributed by atoms with van der Waals surface area (Å²) in [6.07, 6.45) is 2.18. The second-order valence-electron chi connectivity index (χ2n) is 9.57. The van der Waals surface area contributed by atoms with Crippen LogP contribution in [0.15, 0.2) is 72.8 Å². The zero-order chi connectivity index (χ0) is 23.4. The maximum atomic E-state index is 5.84. The zero-order valence-electron chi connectivity index (χ0n) is 20.3. The number of nitrogens with zero attached hydrogens (tertiary/aromatic N) is 3. The van der Waals surface area contributed by atoms with Gasteiger partial charge in [0.2, 0.25) is 0 Å². The molecule has 0 N–H and O–H groups in total. The van der Waals surface area contributed by atoms with Gasteiger partial charge in [0.15, 0.2) is 11.6 Å². The van der Waals surface area contributed by atoms with E-state index in [-0.39, 0.29) is 5.41 Å². The topological polar surface area (TPSA) is 39.9 Å². The molecule has 1 heterocycles. The summed E-state index contributed by atoms with van der Waals surface area (Å²) < 4.78 is 7.97. The van der Waals surface area contributed by atoms with Gasteiger partial charge in [0.25, 0.3) is 0 Å². The SMILES string of the molecule is CCCCOc1ccc(-c2nnc(-c3ccc(C(C)(C)C)cc3)n2-c2ccc(C)cc2)cc1. The summed E-state index contributed by atoms with van der Waals surface area (Å²) in [4.78, 5) is 0. The highest BCUT2D eigenvalue weighted by Gasteiger charge is 2.19. The summed E-state index contributed by atoms with van der Waals surface area (Å²) in [6, 6.07) is 25.3. The molecule has 0 aliphatic rings. The number of hydrogen-bond acceptors (Lipinski definition) is 3. The molecule has 0 fully saturated rings. The maximum Gasteiger partial charge on any atom is 0.168 e. The minimum atomic E-state index is 0.106. The lowest BCUT2D eigenvalue weighted by Crippen LogP contribution is -2.10. The standard InChI is InChI=1S/C29H33N3O/c1-6-7-20-33-26-18-12-23(13-19-26)28-31-30-27(32(28)25-16-8-21(2)9-17-25)22-10-14-24(15-11-22)29(3,4)5/h8-19H,6-7,20H2,1-5H3. The number of aromatic nitrogens is 3. The van der Waals surface area contributed by atoms with Gasteiger partial charge in [-0.05, 0) is 60.7 Å². The molecule has 0 amide bonds. The molecule has 33 heavy (non-hydrogen) atoms. The maximum absolute atomic E-state index is 5.84. The Hall–Kier alpha value is -3.40. The van der Waals surface area contributed by atoms with E-state index in [0.29, 0.717) is 0 Å². The predicted octanol–water partition coefficient (Wildman–Crippen LogP) is 7.39. The van der Waals surface area contributed by atoms with Crippen LogP contribution >= 0.6 is 0 Å². The van der Waals surface area contributed by atoms with Crippen LogP contribution in [0, 0.1) is 6.92 Å². The summed E-state index contributed by atoms with van der Waals surface area (Å²) in [5.41, 5.74) is 5.71. The highest BCUT2D eigenvalue weighted by Crippen LogP contribution is 2.31. The first-order valence-corrected chi connectivity index (χ1v) is 11.7. The highest BCUT2D eigenvalue weighted by molar-refractivity contribution is 5.67. The van der Waals surface area contributed by atoms with Crippen molar-refractivity contribution in [2.75, 3.05) is 6.61 Å². The van der Waals surface area contributed by atoms with Gasteiger partial charge in [-0.25, -0.2) is 0 Å². The Labute approximate surface area is 197 Å². The normalized spacial score (nSPS) is 11.5. The van der Waals surface area contributed by atoms with Crippen LogP contribution in [0.2, 0.25) is 0 Å². The quantitative estimate of drug-likeness (QED) is 0.282. The Morgan fingerprint density at radius 1 is 0.758 bits per heavy atom. The van der Waals surface area contributed by atoms with Crippen molar-refractivity contribution in [1.82, 2.24) is 14.8 Å². The first-order valence-electron chi connectivity index (χ1n) is 11.7. The highest BCUT2D eigenvalue weighted by atomic mass is 16.5. The number of aryl methyl sites for hydroxylation is 1. The van der Waals surface area contributed by atoms with Crippen LogP contribution in [0.4, 0.5) is 0 Å². The molecule has 4 nitrogen and oxygen atoms in total. The van der Waals surface area contributed by atoms with Crippen LogP contribution in [0.1, 0.15) is 51.7 Å². The third-order valence-electron chi connectivity index (χ3n) is 5.84. The molecule has 0 atom stereocenters. The van der Waals surface area contributed by atoms with Crippen LogP contribution in [0.5, 0.6) is 5.75 Å². The Morgan fingerprint density at radius 3 is 1.82 bits per heavy atom. The average Bonchev–Trinajstić information content (AvgIpc) is 3.25. The summed E-state index contributed by atoms with van der Waals surface area (Å²) in [6.45, 7) is 11.7. The average molecular weight is 440 g/mol. The molecule has 0 aliphatic carbocycles. The van der Waals surface area contributed by atoms with Crippen molar-refractivity contribution >= 4 is 0 Å². The van der Waals surface area contributed by atoms with Crippen LogP contribution in [0.3, 0.4) is 0 Å². The molecule has 0 saturated carbocycles. The van der Waals surface area contributed by atoms with E-state index in [0.717, 1.165) is 53.7 Å². The first-order chi connectivity index (χ1) is 15.9. The van der Waals surface area contributed by atoms with E-state index in [1.54, 1.807) is 0 Å². The number of unbranched alkanes of at least 4 members (excludes halogenated alkanes) is 1. The minimum absolute atomic E-state index is 0.106. The van der Waals surface area contributed by atoms with Crippen molar-refractivity contribution in [3.8, 4) is 34.2 Å². The molecular formula is C29H33N3O. The number of rotatable bonds is 7. The van der Waals surface area contributed by atoms with Crippen molar-refractivity contribution in [2.24, 2.45) is 0 Å². The molecule has 0 spiro atoms. The van der Waals surface area contributed by atoms with E-state index in [4.69, 9.17) is 4.74 Å². The molecule has 0 radical (unpaired) electrons. The van der Waals surface area contributed by atoms with Gasteiger partial charge < -0.3 is 4.74 Å². The lowest BCUT2D eigenvalue weighted by Gasteiger charge is -2.19. The molecule has 3 aromatic carbocycles. The Kier molecular flexibility index (Phi) is 6.64. The molecule has 0 saturated heterocycles. The van der Waals surface area contributed by atoms with Crippen molar-refractivity contribution in [1.29, 1.82) is 0 Å². The molecule has 4 rings (SSSR count). The fourth-order valence-electron chi connectivity index (χ4n) is 3.75. The van der Waals surface area contributed by atoms with Crippen LogP contribution in [0.25, 0.3) is 28.5 Å². The van der Waals surface area contributed by atoms with Crippen LogP contribution in [-0.2, 0) is 5.41 Å². The monoisotopic (exact) mass is 439 g/mol. The van der Waals surface area contributed by atoms with Crippen molar-refractivity contribution in [3.63, 3.8) is 0 Å². The van der Waals surface area contributed by atoms with Gasteiger partial charge in [-0.15, -0.1) is 10.2 Å². The van der Waals surface area contributed by atoms with E-state index in [1.807, 2.05) is 12.1 Å². The number of hydrogen-bond donors (Lipinski definition) is 0. The number of ether oxygens (including phenoxy) is 1. The van der Waals surface area contributed by atoms with E-state index >= 15 is 0 Å². The first kappa shape index (κ1) is 22.8. The largest absolute Gasteiger partial charge is 0.494 e. The molecular weight excluding hydrogens is 406 g/mol. The third-order valence-corrected chi connectivity index (χ3v) is 5.84. The lowest BCUT2D eigenvalue weighted by atomic mass is 9.86. The van der Waals surface area contributed by atoms with Gasteiger partial charge >= 0.3 is 0 Å². The molecule has 0 aliphatic heterocycles. The Balaban J connectivity index is 1.75. The predicted molar refractivity (Wildman–Crippen MR) is 136 cm³/mol. The van der Waals surface area contributed by atoms with Crippen molar-refractivity contribution in [3.05, 3.63) is 83.9 Å². The van der Waals surface area contributed by atoms with E-state index in [1.165, 1.54) is 11.1 Å². The summed E-state index contributed by atoms with van der Waals surface area (Å²) in [5, 5.41) is 9.23. The second kappa shape index (κ2) is 9.62. The molecule has 0 unspecified atom stereocenters. The molecule has 1 aromatic heterocycles. The smallest absolute Gasteiger partial charge is 0.168 e. The Bertz CT molecular complexity index is 1180. The molecule has 4 heteroatoms. The Morgan fingerprint density at radius 2 is 1.30 bits per heavy atom. The summed E-state index contributed by atoms with van der Waals surface area (Å²) in [7, 11) is 0. The van der Waals surface area contributed by atoms with Gasteiger partial charge in [-0.1, -0.05) is 76.1 Å². The van der Waals surface area contributed by atoms with Gasteiger partial charge in [-0.2, -0.15) is 0 Å². The van der Waals surface area contributed by atoms with Crippen molar-refractivity contribution in [2.45, 2.75) is 52.9 Å². The third kappa shape index (κ3) is 5.16. The van der Waals surface area contributed by atoms with E-state index in [2.05, 4.69) is 110 Å². The van der Waals surface area contributed by atoms with Gasteiger partial charge in [0, 0.05) is 16.8 Å². The lowest BCUT2D eigenvalue weighted by molar-refractivity contribution is 0.309. The number of benzene rings is 3. The van der Waals surface area contributed by atoms with Crippen LogP contribution in [-0.4, -0.2) is 21.4 Å². The zero-order valence-corrected chi connectivity index (χ0v) is 20.3.